The number of carbonyl (C=O) groups excluding carboxylic acids is 1. The van der Waals surface area contributed by atoms with Crippen molar-refractivity contribution in [1.82, 2.24) is 9.80 Å². The molecule has 1 aromatic carbocycles. The third-order valence-corrected chi connectivity index (χ3v) is 4.25. The van der Waals surface area contributed by atoms with Gasteiger partial charge in [-0.1, -0.05) is 30.3 Å². The normalized spacial score (nSPS) is 18.5. The first-order valence-electron chi connectivity index (χ1n) is 7.97. The molecule has 124 valence electrons. The van der Waals surface area contributed by atoms with Crippen molar-refractivity contribution < 1.29 is 4.79 Å². The summed E-state index contributed by atoms with van der Waals surface area (Å²) in [5, 5.41) is 0. The minimum Gasteiger partial charge on any atom is -0.338 e. The summed E-state index contributed by atoms with van der Waals surface area (Å²) in [4.78, 5) is 16.7. The van der Waals surface area contributed by atoms with Crippen molar-refractivity contribution in [2.75, 3.05) is 32.7 Å². The SMILES string of the molecule is CCN(Cc1ccccc1)C(=O)CN1CCCC(CN)C1.Cl. The highest BCUT2D eigenvalue weighted by Crippen LogP contribution is 2.15. The predicted molar refractivity (Wildman–Crippen MR) is 93.0 cm³/mol. The molecule has 2 rings (SSSR count). The monoisotopic (exact) mass is 325 g/mol. The van der Waals surface area contributed by atoms with Crippen molar-refractivity contribution in [3.63, 3.8) is 0 Å². The number of likely N-dealkylation sites (N-methyl/N-ethyl adjacent to an activating group) is 1. The van der Waals surface area contributed by atoms with Crippen LogP contribution in [0, 0.1) is 5.92 Å². The maximum Gasteiger partial charge on any atom is 0.237 e. The average molecular weight is 326 g/mol. The lowest BCUT2D eigenvalue weighted by molar-refractivity contribution is -0.133. The van der Waals surface area contributed by atoms with Crippen molar-refractivity contribution >= 4 is 18.3 Å². The van der Waals surface area contributed by atoms with Crippen LogP contribution in [0.25, 0.3) is 0 Å². The van der Waals surface area contributed by atoms with Gasteiger partial charge in [-0.2, -0.15) is 0 Å². The fraction of sp³-hybridized carbons (Fsp3) is 0.588. The van der Waals surface area contributed by atoms with E-state index >= 15 is 0 Å². The van der Waals surface area contributed by atoms with Crippen LogP contribution in [0.4, 0.5) is 0 Å². The molecule has 1 unspecified atom stereocenters. The lowest BCUT2D eigenvalue weighted by atomic mass is 9.98. The molecule has 0 bridgehead atoms. The number of nitrogens with zero attached hydrogens (tertiary/aromatic N) is 2. The Labute approximate surface area is 140 Å². The zero-order valence-corrected chi connectivity index (χ0v) is 14.2. The lowest BCUT2D eigenvalue weighted by Gasteiger charge is -2.33. The Morgan fingerprint density at radius 1 is 1.36 bits per heavy atom. The first-order valence-corrected chi connectivity index (χ1v) is 7.97. The molecule has 0 radical (unpaired) electrons. The van der Waals surface area contributed by atoms with Crippen LogP contribution in [0.1, 0.15) is 25.3 Å². The fourth-order valence-corrected chi connectivity index (χ4v) is 2.96. The van der Waals surface area contributed by atoms with Crippen LogP contribution >= 0.6 is 12.4 Å². The molecule has 1 fully saturated rings. The molecule has 1 amide bonds. The zero-order valence-electron chi connectivity index (χ0n) is 13.4. The summed E-state index contributed by atoms with van der Waals surface area (Å²) in [7, 11) is 0. The van der Waals surface area contributed by atoms with Crippen LogP contribution in [0.5, 0.6) is 0 Å². The van der Waals surface area contributed by atoms with Gasteiger partial charge < -0.3 is 10.6 Å². The summed E-state index contributed by atoms with van der Waals surface area (Å²) in [6.07, 6.45) is 2.35. The third kappa shape index (κ3) is 5.59. The minimum absolute atomic E-state index is 0. The number of amides is 1. The standard InChI is InChI=1S/C17H27N3O.ClH/c1-2-20(13-15-7-4-3-5-8-15)17(21)14-19-10-6-9-16(11-18)12-19;/h3-5,7-8,16H,2,6,9-14,18H2,1H3;1H. The summed E-state index contributed by atoms with van der Waals surface area (Å²) in [6.45, 7) is 6.73. The number of halogens is 1. The Morgan fingerprint density at radius 3 is 2.73 bits per heavy atom. The molecule has 0 aromatic heterocycles. The summed E-state index contributed by atoms with van der Waals surface area (Å²) < 4.78 is 0. The fourth-order valence-electron chi connectivity index (χ4n) is 2.96. The average Bonchev–Trinajstić information content (AvgIpc) is 2.53. The quantitative estimate of drug-likeness (QED) is 0.871. The second kappa shape index (κ2) is 9.82. The summed E-state index contributed by atoms with van der Waals surface area (Å²) >= 11 is 0. The predicted octanol–water partition coefficient (Wildman–Crippen LogP) is 2.13. The molecule has 1 heterocycles. The first kappa shape index (κ1) is 18.9. The molecule has 1 atom stereocenters. The maximum atomic E-state index is 12.5. The lowest BCUT2D eigenvalue weighted by Crippen LogP contribution is -2.45. The molecule has 1 aliphatic heterocycles. The second-order valence-electron chi connectivity index (χ2n) is 5.87. The highest BCUT2D eigenvalue weighted by atomic mass is 35.5. The molecule has 0 spiro atoms. The second-order valence-corrected chi connectivity index (χ2v) is 5.87. The van der Waals surface area contributed by atoms with E-state index in [-0.39, 0.29) is 18.3 Å². The molecule has 0 saturated carbocycles. The van der Waals surface area contributed by atoms with Crippen molar-refractivity contribution in [1.29, 1.82) is 0 Å². The van der Waals surface area contributed by atoms with Gasteiger partial charge in [-0.15, -0.1) is 12.4 Å². The molecular weight excluding hydrogens is 298 g/mol. The van der Waals surface area contributed by atoms with Gasteiger partial charge in [0.2, 0.25) is 5.91 Å². The largest absolute Gasteiger partial charge is 0.338 e. The van der Waals surface area contributed by atoms with Crippen molar-refractivity contribution in [3.05, 3.63) is 35.9 Å². The molecule has 2 N–H and O–H groups in total. The molecule has 0 aliphatic carbocycles. The Balaban J connectivity index is 0.00000242. The Kier molecular flexibility index (Phi) is 8.46. The van der Waals surface area contributed by atoms with Crippen LogP contribution in [0.15, 0.2) is 30.3 Å². The van der Waals surface area contributed by atoms with Gasteiger partial charge in [0, 0.05) is 19.6 Å². The zero-order chi connectivity index (χ0) is 15.1. The van der Waals surface area contributed by atoms with Crippen molar-refractivity contribution in [3.8, 4) is 0 Å². The topological polar surface area (TPSA) is 49.6 Å². The van der Waals surface area contributed by atoms with Gasteiger partial charge in [-0.3, -0.25) is 9.69 Å². The molecule has 1 saturated heterocycles. The van der Waals surface area contributed by atoms with E-state index in [9.17, 15) is 4.79 Å². The van der Waals surface area contributed by atoms with Gasteiger partial charge in [0.05, 0.1) is 6.54 Å². The van der Waals surface area contributed by atoms with E-state index < -0.39 is 0 Å². The summed E-state index contributed by atoms with van der Waals surface area (Å²) in [5.74, 6) is 0.773. The number of benzene rings is 1. The Hall–Kier alpha value is -1.10. The van der Waals surface area contributed by atoms with Gasteiger partial charge in [-0.25, -0.2) is 0 Å². The van der Waals surface area contributed by atoms with E-state index in [1.54, 1.807) is 0 Å². The van der Waals surface area contributed by atoms with E-state index in [0.717, 1.165) is 32.6 Å². The Morgan fingerprint density at radius 2 is 2.09 bits per heavy atom. The first-order chi connectivity index (χ1) is 10.2. The Bertz CT molecular complexity index is 441. The molecule has 1 aromatic rings. The van der Waals surface area contributed by atoms with Gasteiger partial charge in [-0.05, 0) is 44.3 Å². The number of hydrogen-bond donors (Lipinski definition) is 1. The van der Waals surface area contributed by atoms with Crippen LogP contribution in [0.3, 0.4) is 0 Å². The molecule has 1 aliphatic rings. The van der Waals surface area contributed by atoms with Crippen LogP contribution < -0.4 is 5.73 Å². The van der Waals surface area contributed by atoms with Crippen molar-refractivity contribution in [2.24, 2.45) is 11.7 Å². The number of carbonyl (C=O) groups is 1. The van der Waals surface area contributed by atoms with Crippen LogP contribution in [0.2, 0.25) is 0 Å². The van der Waals surface area contributed by atoms with E-state index in [4.69, 9.17) is 5.73 Å². The minimum atomic E-state index is 0. The van der Waals surface area contributed by atoms with Crippen LogP contribution in [-0.2, 0) is 11.3 Å². The maximum absolute atomic E-state index is 12.5. The highest BCUT2D eigenvalue weighted by Gasteiger charge is 2.22. The van der Waals surface area contributed by atoms with Crippen molar-refractivity contribution in [2.45, 2.75) is 26.3 Å². The molecular formula is C17H28ClN3O. The molecule has 22 heavy (non-hydrogen) atoms. The van der Waals surface area contributed by atoms with Gasteiger partial charge in [0.25, 0.3) is 0 Å². The van der Waals surface area contributed by atoms with Crippen LogP contribution in [-0.4, -0.2) is 48.4 Å². The highest BCUT2D eigenvalue weighted by molar-refractivity contribution is 5.85. The van der Waals surface area contributed by atoms with E-state index in [0.29, 0.717) is 19.0 Å². The number of hydrogen-bond acceptors (Lipinski definition) is 3. The summed E-state index contributed by atoms with van der Waals surface area (Å²) in [6, 6.07) is 10.2. The van der Waals surface area contributed by atoms with Gasteiger partial charge >= 0.3 is 0 Å². The van der Waals surface area contributed by atoms with E-state index in [1.807, 2.05) is 30.0 Å². The summed E-state index contributed by atoms with van der Waals surface area (Å²) in [5.41, 5.74) is 6.95. The number of rotatable bonds is 6. The van der Waals surface area contributed by atoms with Gasteiger partial charge in [0.15, 0.2) is 0 Å². The smallest absolute Gasteiger partial charge is 0.237 e. The molecule has 4 nitrogen and oxygen atoms in total. The van der Waals surface area contributed by atoms with E-state index in [1.165, 1.54) is 12.0 Å². The number of piperidine rings is 1. The van der Waals surface area contributed by atoms with Gasteiger partial charge in [0.1, 0.15) is 0 Å². The third-order valence-electron chi connectivity index (χ3n) is 4.25. The number of likely N-dealkylation sites (tertiary alicyclic amines) is 1. The molecule has 5 heteroatoms. The number of nitrogens with two attached hydrogens (primary N) is 1. The van der Waals surface area contributed by atoms with E-state index in [2.05, 4.69) is 17.0 Å².